The van der Waals surface area contributed by atoms with Crippen molar-refractivity contribution < 1.29 is 4.92 Å². The molecule has 1 fully saturated rings. The van der Waals surface area contributed by atoms with Gasteiger partial charge in [-0.15, -0.1) is 0 Å². The molecule has 0 atom stereocenters. The molecule has 0 saturated heterocycles. The van der Waals surface area contributed by atoms with Gasteiger partial charge in [0.1, 0.15) is 12.0 Å². The first-order valence-corrected chi connectivity index (χ1v) is 6.36. The van der Waals surface area contributed by atoms with Crippen molar-refractivity contribution in [1.82, 2.24) is 4.98 Å². The summed E-state index contributed by atoms with van der Waals surface area (Å²) in [5.74, 6) is 0.679. The fourth-order valence-electron chi connectivity index (χ4n) is 1.75. The van der Waals surface area contributed by atoms with Gasteiger partial charge in [-0.2, -0.15) is 5.26 Å². The molecule has 0 N–H and O–H groups in total. The Morgan fingerprint density at radius 1 is 1.67 bits per heavy atom. The van der Waals surface area contributed by atoms with E-state index in [0.29, 0.717) is 29.3 Å². The highest BCUT2D eigenvalue weighted by atomic mass is 79.9. The fraction of sp³-hybridized carbons (Fsp3) is 0.455. The lowest BCUT2D eigenvalue weighted by Crippen LogP contribution is -2.27. The summed E-state index contributed by atoms with van der Waals surface area (Å²) in [6.45, 7) is 0.602. The van der Waals surface area contributed by atoms with Gasteiger partial charge >= 0.3 is 0 Å². The molecule has 1 aromatic heterocycles. The van der Waals surface area contributed by atoms with Gasteiger partial charge in [-0.3, -0.25) is 10.1 Å². The van der Waals surface area contributed by atoms with Crippen molar-refractivity contribution in [2.24, 2.45) is 0 Å². The molecule has 1 aliphatic rings. The number of rotatable bonds is 5. The smallest absolute Gasteiger partial charge is 0.288 e. The van der Waals surface area contributed by atoms with Gasteiger partial charge in [0, 0.05) is 18.7 Å². The van der Waals surface area contributed by atoms with E-state index in [4.69, 9.17) is 5.26 Å². The first-order valence-electron chi connectivity index (χ1n) is 5.57. The molecule has 0 bridgehead atoms. The van der Waals surface area contributed by atoms with Gasteiger partial charge in [0.05, 0.1) is 21.9 Å². The van der Waals surface area contributed by atoms with Crippen molar-refractivity contribution in [3.05, 3.63) is 26.9 Å². The quantitative estimate of drug-likeness (QED) is 0.616. The number of hydrogen-bond acceptors (Lipinski definition) is 5. The Bertz CT molecular complexity index is 510. The number of aromatic nitrogens is 1. The van der Waals surface area contributed by atoms with Gasteiger partial charge in [0.2, 0.25) is 0 Å². The van der Waals surface area contributed by atoms with E-state index in [2.05, 4.69) is 27.0 Å². The Morgan fingerprint density at radius 2 is 2.39 bits per heavy atom. The van der Waals surface area contributed by atoms with Crippen LogP contribution in [0.25, 0.3) is 0 Å². The predicted octanol–water partition coefficient (Wildman–Crippen LogP) is 2.63. The van der Waals surface area contributed by atoms with Gasteiger partial charge in [0.25, 0.3) is 5.69 Å². The van der Waals surface area contributed by atoms with Crippen LogP contribution in [-0.4, -0.2) is 22.5 Å². The van der Waals surface area contributed by atoms with Crippen molar-refractivity contribution in [3.8, 4) is 6.07 Å². The Morgan fingerprint density at radius 3 is 2.89 bits per heavy atom. The highest BCUT2D eigenvalue weighted by molar-refractivity contribution is 9.10. The third kappa shape index (κ3) is 2.76. The van der Waals surface area contributed by atoms with Crippen molar-refractivity contribution in [2.45, 2.75) is 25.3 Å². The van der Waals surface area contributed by atoms with Crippen LogP contribution in [0.2, 0.25) is 0 Å². The van der Waals surface area contributed by atoms with Crippen LogP contribution >= 0.6 is 15.9 Å². The molecular formula is C11H11BrN4O2. The number of nitriles is 1. The minimum absolute atomic E-state index is 0.0401. The third-order valence-electron chi connectivity index (χ3n) is 2.74. The molecule has 1 heterocycles. The van der Waals surface area contributed by atoms with E-state index >= 15 is 0 Å². The summed E-state index contributed by atoms with van der Waals surface area (Å²) in [5.41, 5.74) is -0.0401. The van der Waals surface area contributed by atoms with Gasteiger partial charge in [-0.1, -0.05) is 0 Å². The second kappa shape index (κ2) is 5.31. The van der Waals surface area contributed by atoms with Crippen molar-refractivity contribution in [2.75, 3.05) is 11.4 Å². The average molecular weight is 311 g/mol. The molecule has 2 rings (SSSR count). The number of pyridine rings is 1. The van der Waals surface area contributed by atoms with Crippen LogP contribution in [0.3, 0.4) is 0 Å². The van der Waals surface area contributed by atoms with Crippen molar-refractivity contribution in [1.29, 1.82) is 5.26 Å². The summed E-state index contributed by atoms with van der Waals surface area (Å²) in [4.78, 5) is 16.3. The molecule has 0 spiro atoms. The summed E-state index contributed by atoms with van der Waals surface area (Å²) in [7, 11) is 0. The van der Waals surface area contributed by atoms with Crippen LogP contribution in [0.4, 0.5) is 11.5 Å². The van der Waals surface area contributed by atoms with Crippen LogP contribution in [0.1, 0.15) is 19.3 Å². The molecule has 7 heteroatoms. The van der Waals surface area contributed by atoms with Crippen molar-refractivity contribution in [3.63, 3.8) is 0 Å². The minimum Gasteiger partial charge on any atom is -0.352 e. The third-order valence-corrected chi connectivity index (χ3v) is 3.33. The molecule has 18 heavy (non-hydrogen) atoms. The summed E-state index contributed by atoms with van der Waals surface area (Å²) >= 11 is 3.31. The first kappa shape index (κ1) is 12.8. The second-order valence-corrected chi connectivity index (χ2v) is 4.94. The van der Waals surface area contributed by atoms with Gasteiger partial charge in [-0.05, 0) is 28.8 Å². The monoisotopic (exact) mass is 310 g/mol. The maximum Gasteiger partial charge on any atom is 0.288 e. The van der Waals surface area contributed by atoms with Crippen LogP contribution in [-0.2, 0) is 0 Å². The molecule has 0 aromatic carbocycles. The Balaban J connectivity index is 2.25. The molecule has 1 saturated carbocycles. The lowest BCUT2D eigenvalue weighted by Gasteiger charge is -2.23. The lowest BCUT2D eigenvalue weighted by atomic mass is 10.3. The standard InChI is InChI=1S/C11H11BrN4O2/c12-10-6-9(16(17)18)7-14-11(10)15(5-1-4-13)8-2-3-8/h6-8H,1-3,5H2. The van der Waals surface area contributed by atoms with Crippen LogP contribution < -0.4 is 4.90 Å². The number of nitro groups is 1. The fourth-order valence-corrected chi connectivity index (χ4v) is 2.31. The number of nitrogens with zero attached hydrogens (tertiary/aromatic N) is 4. The molecule has 0 unspecified atom stereocenters. The van der Waals surface area contributed by atoms with Gasteiger partial charge in [0.15, 0.2) is 0 Å². The van der Waals surface area contributed by atoms with Gasteiger partial charge in [-0.25, -0.2) is 4.98 Å². The van der Waals surface area contributed by atoms with Crippen molar-refractivity contribution >= 4 is 27.4 Å². The molecule has 1 aliphatic carbocycles. The normalized spacial score (nSPS) is 14.0. The highest BCUT2D eigenvalue weighted by Crippen LogP contribution is 2.35. The van der Waals surface area contributed by atoms with E-state index in [1.807, 2.05) is 4.90 Å². The molecule has 0 aliphatic heterocycles. The maximum atomic E-state index is 10.6. The largest absolute Gasteiger partial charge is 0.352 e. The van der Waals surface area contributed by atoms with Crippen LogP contribution in [0.15, 0.2) is 16.7 Å². The zero-order chi connectivity index (χ0) is 13.1. The lowest BCUT2D eigenvalue weighted by molar-refractivity contribution is -0.385. The molecule has 94 valence electrons. The Kier molecular flexibility index (Phi) is 3.77. The van der Waals surface area contributed by atoms with E-state index in [0.717, 1.165) is 12.8 Å². The zero-order valence-electron chi connectivity index (χ0n) is 9.54. The number of anilines is 1. The van der Waals surface area contributed by atoms with E-state index < -0.39 is 4.92 Å². The molecular weight excluding hydrogens is 300 g/mol. The molecule has 6 nitrogen and oxygen atoms in total. The molecule has 0 amide bonds. The summed E-state index contributed by atoms with van der Waals surface area (Å²) in [6, 6.07) is 3.96. The van der Waals surface area contributed by atoms with Crippen LogP contribution in [0.5, 0.6) is 0 Å². The van der Waals surface area contributed by atoms with E-state index in [9.17, 15) is 10.1 Å². The number of halogens is 1. The summed E-state index contributed by atoms with van der Waals surface area (Å²) < 4.78 is 0.599. The Hall–Kier alpha value is -1.68. The predicted molar refractivity (Wildman–Crippen MR) is 69.2 cm³/mol. The molecule has 1 aromatic rings. The number of hydrogen-bond donors (Lipinski definition) is 0. The topological polar surface area (TPSA) is 83.1 Å². The highest BCUT2D eigenvalue weighted by Gasteiger charge is 2.31. The minimum atomic E-state index is -0.474. The summed E-state index contributed by atoms with van der Waals surface area (Å²) in [5, 5.41) is 19.3. The summed E-state index contributed by atoms with van der Waals surface area (Å²) in [6.07, 6.45) is 3.83. The van der Waals surface area contributed by atoms with E-state index in [1.54, 1.807) is 0 Å². The van der Waals surface area contributed by atoms with Crippen LogP contribution in [0, 0.1) is 21.4 Å². The molecule has 0 radical (unpaired) electrons. The first-order chi connectivity index (χ1) is 8.63. The van der Waals surface area contributed by atoms with Gasteiger partial charge < -0.3 is 4.90 Å². The zero-order valence-corrected chi connectivity index (χ0v) is 11.1. The SMILES string of the molecule is N#CCCN(c1ncc([N+](=O)[O-])cc1Br)C1CC1. The second-order valence-electron chi connectivity index (χ2n) is 4.09. The maximum absolute atomic E-state index is 10.6. The van der Waals surface area contributed by atoms with E-state index in [-0.39, 0.29) is 5.69 Å². The average Bonchev–Trinajstić information content (AvgIpc) is 3.15. The van der Waals surface area contributed by atoms with E-state index in [1.165, 1.54) is 12.3 Å². The Labute approximate surface area is 113 Å².